The van der Waals surface area contributed by atoms with Gasteiger partial charge in [0, 0.05) is 31.1 Å². The number of carboxylic acid groups (broad SMARTS) is 1. The maximum absolute atomic E-state index is 12.1. The molecular formula is C15H20N2O3S. The van der Waals surface area contributed by atoms with Crippen molar-refractivity contribution < 1.29 is 14.7 Å². The van der Waals surface area contributed by atoms with Gasteiger partial charge in [-0.3, -0.25) is 4.79 Å². The third-order valence-electron chi connectivity index (χ3n) is 3.66. The summed E-state index contributed by atoms with van der Waals surface area (Å²) in [7, 11) is 2.05. The van der Waals surface area contributed by atoms with Crippen LogP contribution in [-0.2, 0) is 4.79 Å². The molecule has 1 aliphatic heterocycles. The summed E-state index contributed by atoms with van der Waals surface area (Å²) in [6.45, 7) is 5.12. The van der Waals surface area contributed by atoms with Gasteiger partial charge in [-0.05, 0) is 31.7 Å². The van der Waals surface area contributed by atoms with Gasteiger partial charge in [0.1, 0.15) is 0 Å². The lowest BCUT2D eigenvalue weighted by atomic mass is 10.1. The smallest absolute Gasteiger partial charge is 0.335 e. The molecule has 0 spiro atoms. The maximum atomic E-state index is 12.1. The van der Waals surface area contributed by atoms with Crippen molar-refractivity contribution >= 4 is 23.6 Å². The van der Waals surface area contributed by atoms with Gasteiger partial charge in [0.2, 0.25) is 5.91 Å². The molecular weight excluding hydrogens is 288 g/mol. The zero-order valence-corrected chi connectivity index (χ0v) is 13.2. The van der Waals surface area contributed by atoms with Crippen LogP contribution in [0.4, 0.5) is 0 Å². The first-order valence-corrected chi connectivity index (χ1v) is 7.89. The highest BCUT2D eigenvalue weighted by atomic mass is 32.2. The van der Waals surface area contributed by atoms with Crippen molar-refractivity contribution in [3.05, 3.63) is 29.3 Å². The van der Waals surface area contributed by atoms with E-state index in [9.17, 15) is 9.59 Å². The van der Waals surface area contributed by atoms with E-state index in [2.05, 4.69) is 11.9 Å². The monoisotopic (exact) mass is 308 g/mol. The number of nitrogens with zero attached hydrogens (tertiary/aromatic N) is 2. The molecule has 0 aromatic heterocycles. The number of amides is 1. The van der Waals surface area contributed by atoms with Crippen LogP contribution in [0.15, 0.2) is 23.1 Å². The molecule has 2 rings (SSSR count). The highest BCUT2D eigenvalue weighted by Gasteiger charge is 2.19. The molecule has 0 saturated carbocycles. The molecule has 0 unspecified atom stereocenters. The largest absolute Gasteiger partial charge is 0.478 e. The Morgan fingerprint density at radius 3 is 2.52 bits per heavy atom. The van der Waals surface area contributed by atoms with Crippen LogP contribution in [0.25, 0.3) is 0 Å². The van der Waals surface area contributed by atoms with Crippen LogP contribution in [-0.4, -0.2) is 65.8 Å². The standard InChI is InChI=1S/C15H20N2O3S/c1-11-3-4-12(9-13(11)15(19)20)21-10-14(18)17-7-5-16(2)6-8-17/h3-4,9H,5-8,10H2,1-2H3,(H,19,20). The van der Waals surface area contributed by atoms with Gasteiger partial charge >= 0.3 is 5.97 Å². The number of hydrogen-bond acceptors (Lipinski definition) is 4. The molecule has 1 aromatic rings. The van der Waals surface area contributed by atoms with Crippen LogP contribution in [0.2, 0.25) is 0 Å². The number of hydrogen-bond donors (Lipinski definition) is 1. The number of rotatable bonds is 4. The predicted octanol–water partition coefficient (Wildman–Crippen LogP) is 1.56. The third kappa shape index (κ3) is 4.22. The molecule has 0 atom stereocenters. The number of carboxylic acids is 1. The van der Waals surface area contributed by atoms with E-state index in [1.54, 1.807) is 19.1 Å². The zero-order chi connectivity index (χ0) is 15.4. The van der Waals surface area contributed by atoms with Crippen molar-refractivity contribution in [2.75, 3.05) is 39.0 Å². The van der Waals surface area contributed by atoms with Gasteiger partial charge in [0.15, 0.2) is 0 Å². The van der Waals surface area contributed by atoms with Gasteiger partial charge in [0.25, 0.3) is 0 Å². The molecule has 21 heavy (non-hydrogen) atoms. The van der Waals surface area contributed by atoms with Crippen LogP contribution in [0.3, 0.4) is 0 Å². The van der Waals surface area contributed by atoms with E-state index >= 15 is 0 Å². The van der Waals surface area contributed by atoms with Crippen LogP contribution < -0.4 is 0 Å². The molecule has 1 saturated heterocycles. The Balaban J connectivity index is 1.92. The number of aryl methyl sites for hydroxylation is 1. The van der Waals surface area contributed by atoms with E-state index in [1.165, 1.54) is 11.8 Å². The first-order valence-electron chi connectivity index (χ1n) is 6.90. The second-order valence-corrected chi connectivity index (χ2v) is 6.30. The molecule has 0 bridgehead atoms. The third-order valence-corrected chi connectivity index (χ3v) is 4.64. The molecule has 1 aliphatic rings. The highest BCUT2D eigenvalue weighted by Crippen LogP contribution is 2.22. The minimum absolute atomic E-state index is 0.116. The van der Waals surface area contributed by atoms with E-state index < -0.39 is 5.97 Å². The first kappa shape index (κ1) is 15.9. The molecule has 0 radical (unpaired) electrons. The lowest BCUT2D eigenvalue weighted by molar-refractivity contribution is -0.129. The maximum Gasteiger partial charge on any atom is 0.335 e. The lowest BCUT2D eigenvalue weighted by Crippen LogP contribution is -2.47. The Kier molecular flexibility index (Phi) is 5.25. The van der Waals surface area contributed by atoms with Crippen molar-refractivity contribution in [1.82, 2.24) is 9.80 Å². The molecule has 5 nitrogen and oxygen atoms in total. The summed E-state index contributed by atoms with van der Waals surface area (Å²) in [5.74, 6) is -0.461. The summed E-state index contributed by atoms with van der Waals surface area (Å²) in [4.78, 5) is 28.1. The van der Waals surface area contributed by atoms with Crippen molar-refractivity contribution in [2.45, 2.75) is 11.8 Å². The van der Waals surface area contributed by atoms with E-state index in [4.69, 9.17) is 5.11 Å². The molecule has 6 heteroatoms. The molecule has 1 fully saturated rings. The fraction of sp³-hybridized carbons (Fsp3) is 0.467. The lowest BCUT2D eigenvalue weighted by Gasteiger charge is -2.32. The fourth-order valence-electron chi connectivity index (χ4n) is 2.21. The van der Waals surface area contributed by atoms with Gasteiger partial charge in [0.05, 0.1) is 11.3 Å². The fourth-order valence-corrected chi connectivity index (χ4v) is 3.05. The van der Waals surface area contributed by atoms with Gasteiger partial charge in [-0.25, -0.2) is 4.79 Å². The van der Waals surface area contributed by atoms with Gasteiger partial charge in [-0.1, -0.05) is 6.07 Å². The Morgan fingerprint density at radius 2 is 1.90 bits per heavy atom. The average Bonchev–Trinajstić information content (AvgIpc) is 2.46. The van der Waals surface area contributed by atoms with Crippen molar-refractivity contribution in [2.24, 2.45) is 0 Å². The van der Waals surface area contributed by atoms with E-state index in [1.807, 2.05) is 11.0 Å². The molecule has 1 aromatic carbocycles. The van der Waals surface area contributed by atoms with Gasteiger partial charge < -0.3 is 14.9 Å². The Morgan fingerprint density at radius 1 is 1.24 bits per heavy atom. The predicted molar refractivity (Wildman–Crippen MR) is 82.9 cm³/mol. The minimum atomic E-state index is -0.930. The second-order valence-electron chi connectivity index (χ2n) is 5.25. The topological polar surface area (TPSA) is 60.9 Å². The molecule has 0 aliphatic carbocycles. The number of likely N-dealkylation sites (N-methyl/N-ethyl adjacent to an activating group) is 1. The van der Waals surface area contributed by atoms with Crippen LogP contribution in [0.5, 0.6) is 0 Å². The van der Waals surface area contributed by atoms with Crippen molar-refractivity contribution in [3.8, 4) is 0 Å². The number of carbonyl (C=O) groups is 2. The van der Waals surface area contributed by atoms with Crippen LogP contribution in [0, 0.1) is 6.92 Å². The number of carbonyl (C=O) groups excluding carboxylic acids is 1. The Labute approximate surface area is 128 Å². The first-order chi connectivity index (χ1) is 9.97. The number of benzene rings is 1. The molecule has 114 valence electrons. The normalized spacial score (nSPS) is 16.0. The summed E-state index contributed by atoms with van der Waals surface area (Å²) >= 11 is 1.40. The summed E-state index contributed by atoms with van der Waals surface area (Å²) in [6.07, 6.45) is 0. The Hall–Kier alpha value is -1.53. The van der Waals surface area contributed by atoms with E-state index in [0.29, 0.717) is 11.3 Å². The summed E-state index contributed by atoms with van der Waals surface area (Å²) in [5.41, 5.74) is 1.03. The minimum Gasteiger partial charge on any atom is -0.478 e. The molecule has 1 N–H and O–H groups in total. The molecule has 1 amide bonds. The van der Waals surface area contributed by atoms with Gasteiger partial charge in [-0.15, -0.1) is 11.8 Å². The van der Waals surface area contributed by atoms with Crippen molar-refractivity contribution in [1.29, 1.82) is 0 Å². The average molecular weight is 308 g/mol. The summed E-state index contributed by atoms with van der Waals surface area (Å²) in [5, 5.41) is 9.11. The molecule has 1 heterocycles. The van der Waals surface area contributed by atoms with E-state index in [-0.39, 0.29) is 5.91 Å². The van der Waals surface area contributed by atoms with Crippen LogP contribution >= 0.6 is 11.8 Å². The Bertz CT molecular complexity index is 540. The number of thioether (sulfide) groups is 1. The zero-order valence-electron chi connectivity index (χ0n) is 12.3. The summed E-state index contributed by atoms with van der Waals surface area (Å²) < 4.78 is 0. The second kappa shape index (κ2) is 6.95. The SMILES string of the molecule is Cc1ccc(SCC(=O)N2CCN(C)CC2)cc1C(=O)O. The highest BCUT2D eigenvalue weighted by molar-refractivity contribution is 8.00. The number of aromatic carboxylic acids is 1. The van der Waals surface area contributed by atoms with Crippen molar-refractivity contribution in [3.63, 3.8) is 0 Å². The number of piperazine rings is 1. The van der Waals surface area contributed by atoms with Crippen LogP contribution in [0.1, 0.15) is 15.9 Å². The van der Waals surface area contributed by atoms with E-state index in [0.717, 1.165) is 36.6 Å². The summed E-state index contributed by atoms with van der Waals surface area (Å²) in [6, 6.07) is 5.29. The van der Waals surface area contributed by atoms with Gasteiger partial charge in [-0.2, -0.15) is 0 Å². The quantitative estimate of drug-likeness (QED) is 0.855.